The van der Waals surface area contributed by atoms with E-state index in [1.165, 1.54) is 30.6 Å². The van der Waals surface area contributed by atoms with Crippen molar-refractivity contribution in [2.75, 3.05) is 11.8 Å². The van der Waals surface area contributed by atoms with Crippen LogP contribution in [0.4, 0.5) is 10.5 Å². The molecule has 40 heavy (non-hydrogen) atoms. The van der Waals surface area contributed by atoms with Gasteiger partial charge in [-0.15, -0.1) is 11.3 Å². The molecule has 2 atom stereocenters. The minimum atomic E-state index is -4.40. The fourth-order valence-corrected chi connectivity index (χ4v) is 5.42. The number of anilines is 1. The summed E-state index contributed by atoms with van der Waals surface area (Å²) in [4.78, 5) is 31.1. The van der Waals surface area contributed by atoms with Crippen LogP contribution in [-0.4, -0.2) is 43.1 Å². The second kappa shape index (κ2) is 13.2. The molecule has 0 aliphatic heterocycles. The number of rotatable bonds is 11. The van der Waals surface area contributed by atoms with Gasteiger partial charge in [0.25, 0.3) is 0 Å². The van der Waals surface area contributed by atoms with Crippen molar-refractivity contribution in [3.63, 3.8) is 0 Å². The van der Waals surface area contributed by atoms with Gasteiger partial charge in [-0.1, -0.05) is 72.8 Å². The average Bonchev–Trinajstić information content (AvgIpc) is 3.44. The van der Waals surface area contributed by atoms with E-state index in [4.69, 9.17) is 9.29 Å². The van der Waals surface area contributed by atoms with Crippen LogP contribution in [0.2, 0.25) is 0 Å². The van der Waals surface area contributed by atoms with Gasteiger partial charge in [-0.2, -0.15) is 8.42 Å². The second-order valence-electron chi connectivity index (χ2n) is 8.85. The summed E-state index contributed by atoms with van der Waals surface area (Å²) in [5.41, 5.74) is 2.82. The van der Waals surface area contributed by atoms with Gasteiger partial charge in [0.15, 0.2) is 0 Å². The molecule has 0 saturated heterocycles. The van der Waals surface area contributed by atoms with Crippen LogP contribution in [0.3, 0.4) is 0 Å². The minimum Gasteiger partial charge on any atom is -0.453 e. The molecular formula is C28H28N4O6S2. The number of hydrogen-bond acceptors (Lipinski definition) is 7. The Kier molecular flexibility index (Phi) is 9.48. The molecule has 0 bridgehead atoms. The lowest BCUT2D eigenvalue weighted by Crippen LogP contribution is -2.49. The maximum absolute atomic E-state index is 13.6. The van der Waals surface area contributed by atoms with Crippen LogP contribution in [0, 0.1) is 0 Å². The third-order valence-corrected chi connectivity index (χ3v) is 7.57. The molecule has 1 aromatic heterocycles. The number of hydrogen-bond donors (Lipinski definition) is 4. The summed E-state index contributed by atoms with van der Waals surface area (Å²) in [7, 11) is -3.17. The molecular weight excluding hydrogens is 552 g/mol. The summed E-state index contributed by atoms with van der Waals surface area (Å²) in [6, 6.07) is 24.0. The molecule has 1 heterocycles. The normalized spacial score (nSPS) is 12.7. The van der Waals surface area contributed by atoms with Gasteiger partial charge in [-0.05, 0) is 35.2 Å². The predicted octanol–water partition coefficient (Wildman–Crippen LogP) is 4.39. The summed E-state index contributed by atoms with van der Waals surface area (Å²) in [6.45, 7) is 0. The predicted molar refractivity (Wildman–Crippen MR) is 153 cm³/mol. The van der Waals surface area contributed by atoms with Crippen molar-refractivity contribution in [3.8, 4) is 10.4 Å². The number of methoxy groups -OCH3 is 1. The van der Waals surface area contributed by atoms with Gasteiger partial charge < -0.3 is 15.4 Å². The first-order valence-electron chi connectivity index (χ1n) is 12.2. The standard InChI is InChI=1S/C28H28N4O6S2/c1-38-28(34)31-23(16-19-8-4-2-5-9-19)26(33)30-24(17-20-12-14-22(15-13-20)32-40(35,36)37)27-29-18-25(39-27)21-10-6-3-7-11-21/h2-15,18,23-24,32H,16-17H2,1H3,(H,30,33)(H,31,34)(H,35,36,37)/t23-,24-/m0/s1. The Morgan fingerprint density at radius 2 is 1.52 bits per heavy atom. The SMILES string of the molecule is COC(=O)N[C@@H](Cc1ccccc1)C(=O)N[C@@H](Cc1ccc(NS(=O)(=O)O)cc1)c1ncc(-c2ccccc2)s1. The molecule has 0 radical (unpaired) electrons. The largest absolute Gasteiger partial charge is 0.453 e. The molecule has 0 aliphatic rings. The lowest BCUT2D eigenvalue weighted by atomic mass is 10.0. The Hall–Kier alpha value is -4.26. The summed E-state index contributed by atoms with van der Waals surface area (Å²) in [5.74, 6) is -0.416. The van der Waals surface area contributed by atoms with Gasteiger partial charge in [0, 0.05) is 12.6 Å². The summed E-state index contributed by atoms with van der Waals surface area (Å²) >= 11 is 1.44. The molecule has 2 amide bonds. The van der Waals surface area contributed by atoms with Crippen molar-refractivity contribution in [2.45, 2.75) is 24.9 Å². The first-order valence-corrected chi connectivity index (χ1v) is 14.5. The molecule has 208 valence electrons. The van der Waals surface area contributed by atoms with Gasteiger partial charge in [0.2, 0.25) is 5.91 Å². The van der Waals surface area contributed by atoms with E-state index in [1.54, 1.807) is 18.3 Å². The number of aromatic nitrogens is 1. The van der Waals surface area contributed by atoms with Crippen LogP contribution >= 0.6 is 11.3 Å². The van der Waals surface area contributed by atoms with Crippen molar-refractivity contribution < 1.29 is 27.3 Å². The molecule has 10 nitrogen and oxygen atoms in total. The molecule has 0 spiro atoms. The number of alkyl carbamates (subject to hydrolysis) is 1. The fraction of sp³-hybridized carbons (Fsp3) is 0.179. The van der Waals surface area contributed by atoms with E-state index in [0.29, 0.717) is 11.4 Å². The molecule has 12 heteroatoms. The zero-order valence-electron chi connectivity index (χ0n) is 21.5. The highest BCUT2D eigenvalue weighted by Gasteiger charge is 2.26. The quantitative estimate of drug-likeness (QED) is 0.192. The van der Waals surface area contributed by atoms with Crippen molar-refractivity contribution in [1.29, 1.82) is 0 Å². The Morgan fingerprint density at radius 1 is 0.900 bits per heavy atom. The van der Waals surface area contributed by atoms with Gasteiger partial charge >= 0.3 is 16.4 Å². The molecule has 4 aromatic rings. The Balaban J connectivity index is 1.60. The van der Waals surface area contributed by atoms with E-state index in [9.17, 15) is 18.0 Å². The molecule has 0 fully saturated rings. The maximum Gasteiger partial charge on any atom is 0.407 e. The van der Waals surface area contributed by atoms with Gasteiger partial charge in [-0.3, -0.25) is 14.1 Å². The topological polar surface area (TPSA) is 147 Å². The molecule has 0 saturated carbocycles. The van der Waals surface area contributed by atoms with Crippen LogP contribution in [-0.2, 0) is 32.7 Å². The van der Waals surface area contributed by atoms with Crippen molar-refractivity contribution >= 4 is 39.3 Å². The lowest BCUT2D eigenvalue weighted by Gasteiger charge is -2.22. The summed E-state index contributed by atoms with van der Waals surface area (Å²) < 4.78 is 38.1. The van der Waals surface area contributed by atoms with E-state index in [2.05, 4.69) is 15.6 Å². The molecule has 4 rings (SSSR count). The summed E-state index contributed by atoms with van der Waals surface area (Å²) in [5, 5.41) is 6.31. The van der Waals surface area contributed by atoms with E-state index in [0.717, 1.165) is 21.6 Å². The highest BCUT2D eigenvalue weighted by atomic mass is 32.2. The van der Waals surface area contributed by atoms with Crippen molar-refractivity contribution in [2.24, 2.45) is 0 Å². The number of nitrogens with zero attached hydrogens (tertiary/aromatic N) is 1. The van der Waals surface area contributed by atoms with Gasteiger partial charge in [0.05, 0.1) is 23.7 Å². The molecule has 4 N–H and O–H groups in total. The zero-order chi connectivity index (χ0) is 28.5. The fourth-order valence-electron chi connectivity index (χ4n) is 4.01. The first-order chi connectivity index (χ1) is 19.2. The van der Waals surface area contributed by atoms with E-state index < -0.39 is 34.4 Å². The smallest absolute Gasteiger partial charge is 0.407 e. The van der Waals surface area contributed by atoms with Crippen LogP contribution in [0.25, 0.3) is 10.4 Å². The third-order valence-electron chi connectivity index (χ3n) is 5.91. The number of carbonyl (C=O) groups is 2. The number of amides is 2. The Bertz CT molecular complexity index is 1530. The third kappa shape index (κ3) is 8.37. The van der Waals surface area contributed by atoms with Crippen LogP contribution in [0.5, 0.6) is 0 Å². The van der Waals surface area contributed by atoms with E-state index in [-0.39, 0.29) is 12.1 Å². The van der Waals surface area contributed by atoms with Gasteiger partial charge in [0.1, 0.15) is 11.0 Å². The monoisotopic (exact) mass is 580 g/mol. The minimum absolute atomic E-state index is 0.192. The molecule has 3 aromatic carbocycles. The number of carbonyl (C=O) groups excluding carboxylic acids is 2. The number of nitrogens with one attached hydrogen (secondary N) is 3. The highest BCUT2D eigenvalue weighted by Crippen LogP contribution is 2.31. The van der Waals surface area contributed by atoms with Crippen LogP contribution in [0.1, 0.15) is 22.2 Å². The van der Waals surface area contributed by atoms with E-state index >= 15 is 0 Å². The molecule has 0 unspecified atom stereocenters. The Morgan fingerprint density at radius 3 is 2.15 bits per heavy atom. The molecule has 0 aliphatic carbocycles. The number of thiazole rings is 1. The number of ether oxygens (including phenoxy) is 1. The lowest BCUT2D eigenvalue weighted by molar-refractivity contribution is -0.123. The number of benzene rings is 3. The maximum atomic E-state index is 13.6. The van der Waals surface area contributed by atoms with Gasteiger partial charge in [-0.25, -0.2) is 9.78 Å². The Labute approximate surface area is 236 Å². The zero-order valence-corrected chi connectivity index (χ0v) is 23.1. The second-order valence-corrected chi connectivity index (χ2v) is 11.1. The average molecular weight is 581 g/mol. The summed E-state index contributed by atoms with van der Waals surface area (Å²) in [6.07, 6.45) is 1.60. The van der Waals surface area contributed by atoms with Crippen LogP contribution < -0.4 is 15.4 Å². The van der Waals surface area contributed by atoms with Crippen molar-refractivity contribution in [1.82, 2.24) is 15.6 Å². The first kappa shape index (κ1) is 28.7. The highest BCUT2D eigenvalue weighted by molar-refractivity contribution is 7.87. The van der Waals surface area contributed by atoms with Crippen LogP contribution in [0.15, 0.2) is 91.1 Å². The van der Waals surface area contributed by atoms with Crippen molar-refractivity contribution in [3.05, 3.63) is 107 Å². The van der Waals surface area contributed by atoms with E-state index in [1.807, 2.05) is 65.4 Å².